The highest BCUT2D eigenvalue weighted by atomic mass is 79.9. The molecule has 0 aliphatic carbocycles. The van der Waals surface area contributed by atoms with Gasteiger partial charge in [-0.05, 0) is 24.8 Å². The molecule has 1 heterocycles. The summed E-state index contributed by atoms with van der Waals surface area (Å²) in [7, 11) is 0. The van der Waals surface area contributed by atoms with E-state index in [4.69, 9.17) is 4.74 Å². The zero-order valence-electron chi connectivity index (χ0n) is 6.96. The number of halogens is 1. The molecule has 0 atom stereocenters. The van der Waals surface area contributed by atoms with E-state index in [1.54, 1.807) is 6.08 Å². The summed E-state index contributed by atoms with van der Waals surface area (Å²) < 4.78 is 5.20. The van der Waals surface area contributed by atoms with Gasteiger partial charge in [0.1, 0.15) is 0 Å². The second-order valence-corrected chi connectivity index (χ2v) is 3.47. The molecule has 0 radical (unpaired) electrons. The SMILES string of the molecule is O=C(C=CC1CCOCC1)CBr. The molecule has 1 saturated heterocycles. The summed E-state index contributed by atoms with van der Waals surface area (Å²) in [6, 6.07) is 0. The van der Waals surface area contributed by atoms with Crippen LogP contribution in [0.5, 0.6) is 0 Å². The highest BCUT2D eigenvalue weighted by molar-refractivity contribution is 9.09. The smallest absolute Gasteiger partial charge is 0.165 e. The fraction of sp³-hybridized carbons (Fsp3) is 0.667. The summed E-state index contributed by atoms with van der Waals surface area (Å²) in [5, 5.41) is 0.423. The number of rotatable bonds is 3. The zero-order chi connectivity index (χ0) is 8.81. The number of allylic oxidation sites excluding steroid dienone is 2. The van der Waals surface area contributed by atoms with E-state index in [9.17, 15) is 4.79 Å². The first-order valence-corrected chi connectivity index (χ1v) is 5.30. The molecule has 3 heteroatoms. The van der Waals surface area contributed by atoms with E-state index >= 15 is 0 Å². The largest absolute Gasteiger partial charge is 0.381 e. The molecule has 1 aliphatic rings. The van der Waals surface area contributed by atoms with Gasteiger partial charge in [-0.3, -0.25) is 4.79 Å². The fourth-order valence-electron chi connectivity index (χ4n) is 1.20. The summed E-state index contributed by atoms with van der Waals surface area (Å²) in [5.74, 6) is 0.684. The van der Waals surface area contributed by atoms with Crippen LogP contribution in [0.2, 0.25) is 0 Å². The van der Waals surface area contributed by atoms with Crippen LogP contribution in [0.25, 0.3) is 0 Å². The van der Waals surface area contributed by atoms with Crippen molar-refractivity contribution in [3.05, 3.63) is 12.2 Å². The van der Waals surface area contributed by atoms with Gasteiger partial charge in [0.15, 0.2) is 5.78 Å². The minimum atomic E-state index is 0.140. The molecule has 0 unspecified atom stereocenters. The Morgan fingerprint density at radius 3 is 2.75 bits per heavy atom. The standard InChI is InChI=1S/C9H13BrO2/c10-7-9(11)2-1-8-3-5-12-6-4-8/h1-2,8H,3-7H2. The average molecular weight is 233 g/mol. The Morgan fingerprint density at radius 1 is 1.50 bits per heavy atom. The molecule has 0 aromatic carbocycles. The second-order valence-electron chi connectivity index (χ2n) is 2.91. The van der Waals surface area contributed by atoms with Crippen LogP contribution >= 0.6 is 15.9 Å². The maximum atomic E-state index is 10.9. The second kappa shape index (κ2) is 5.49. The maximum Gasteiger partial charge on any atom is 0.165 e. The van der Waals surface area contributed by atoms with Gasteiger partial charge in [0.2, 0.25) is 0 Å². The maximum absolute atomic E-state index is 10.9. The Hall–Kier alpha value is -0.150. The van der Waals surface area contributed by atoms with Crippen molar-refractivity contribution in [2.24, 2.45) is 5.92 Å². The van der Waals surface area contributed by atoms with Crippen molar-refractivity contribution in [2.45, 2.75) is 12.8 Å². The predicted octanol–water partition coefficient (Wildman–Crippen LogP) is 1.93. The molecule has 1 fully saturated rings. The Balaban J connectivity index is 2.28. The van der Waals surface area contributed by atoms with Crippen LogP contribution in [0.1, 0.15) is 12.8 Å². The Morgan fingerprint density at radius 2 is 2.17 bits per heavy atom. The summed E-state index contributed by atoms with van der Waals surface area (Å²) in [5.41, 5.74) is 0. The predicted molar refractivity (Wildman–Crippen MR) is 51.5 cm³/mol. The lowest BCUT2D eigenvalue weighted by Gasteiger charge is -2.18. The van der Waals surface area contributed by atoms with Crippen molar-refractivity contribution in [3.63, 3.8) is 0 Å². The lowest BCUT2D eigenvalue weighted by molar-refractivity contribution is -0.112. The minimum absolute atomic E-state index is 0.140. The van der Waals surface area contributed by atoms with Gasteiger partial charge >= 0.3 is 0 Å². The van der Waals surface area contributed by atoms with E-state index in [0.717, 1.165) is 26.1 Å². The molecule has 0 saturated carbocycles. The number of hydrogen-bond donors (Lipinski definition) is 0. The van der Waals surface area contributed by atoms with Crippen LogP contribution in [0, 0.1) is 5.92 Å². The van der Waals surface area contributed by atoms with Crippen molar-refractivity contribution >= 4 is 21.7 Å². The summed E-state index contributed by atoms with van der Waals surface area (Å²) in [6.45, 7) is 1.66. The van der Waals surface area contributed by atoms with Crippen molar-refractivity contribution < 1.29 is 9.53 Å². The molecule has 0 amide bonds. The molecule has 1 aliphatic heterocycles. The number of alkyl halides is 1. The van der Waals surface area contributed by atoms with Gasteiger partial charge in [-0.15, -0.1) is 0 Å². The molecular weight excluding hydrogens is 220 g/mol. The van der Waals surface area contributed by atoms with Crippen LogP contribution in [-0.4, -0.2) is 24.3 Å². The molecule has 1 rings (SSSR count). The monoisotopic (exact) mass is 232 g/mol. The van der Waals surface area contributed by atoms with Gasteiger partial charge in [-0.2, -0.15) is 0 Å². The van der Waals surface area contributed by atoms with E-state index in [2.05, 4.69) is 15.9 Å². The third-order valence-electron chi connectivity index (χ3n) is 1.95. The van der Waals surface area contributed by atoms with Gasteiger partial charge in [-0.25, -0.2) is 0 Å². The van der Waals surface area contributed by atoms with Gasteiger partial charge in [0.25, 0.3) is 0 Å². The van der Waals surface area contributed by atoms with Crippen molar-refractivity contribution in [1.82, 2.24) is 0 Å². The third kappa shape index (κ3) is 3.50. The van der Waals surface area contributed by atoms with Crippen LogP contribution in [0.3, 0.4) is 0 Å². The molecule has 0 bridgehead atoms. The van der Waals surface area contributed by atoms with Crippen molar-refractivity contribution in [2.75, 3.05) is 18.5 Å². The van der Waals surface area contributed by atoms with E-state index in [0.29, 0.717) is 11.2 Å². The number of carbonyl (C=O) groups is 1. The topological polar surface area (TPSA) is 26.3 Å². The van der Waals surface area contributed by atoms with Crippen LogP contribution < -0.4 is 0 Å². The summed E-state index contributed by atoms with van der Waals surface area (Å²) in [4.78, 5) is 10.9. The third-order valence-corrected chi connectivity index (χ3v) is 2.50. The van der Waals surface area contributed by atoms with Gasteiger partial charge < -0.3 is 4.74 Å². The summed E-state index contributed by atoms with van der Waals surface area (Å²) in [6.07, 6.45) is 5.77. The molecule has 0 aromatic heterocycles. The number of ether oxygens (including phenoxy) is 1. The zero-order valence-corrected chi connectivity index (χ0v) is 8.55. The molecular formula is C9H13BrO2. The van der Waals surface area contributed by atoms with Gasteiger partial charge in [0.05, 0.1) is 5.33 Å². The van der Waals surface area contributed by atoms with Crippen LogP contribution in [-0.2, 0) is 9.53 Å². The van der Waals surface area contributed by atoms with Crippen LogP contribution in [0.4, 0.5) is 0 Å². The fourth-order valence-corrected chi connectivity index (χ4v) is 1.38. The summed E-state index contributed by atoms with van der Waals surface area (Å²) >= 11 is 3.11. The highest BCUT2D eigenvalue weighted by Crippen LogP contribution is 2.15. The molecule has 0 spiro atoms. The Kier molecular flexibility index (Phi) is 4.54. The molecule has 0 N–H and O–H groups in total. The lowest BCUT2D eigenvalue weighted by atomic mass is 10.00. The normalized spacial score (nSPS) is 20.1. The molecule has 2 nitrogen and oxygen atoms in total. The number of hydrogen-bond acceptors (Lipinski definition) is 2. The van der Waals surface area contributed by atoms with E-state index in [1.807, 2.05) is 6.08 Å². The van der Waals surface area contributed by atoms with Crippen LogP contribution in [0.15, 0.2) is 12.2 Å². The Labute approximate surface area is 81.1 Å². The van der Waals surface area contributed by atoms with Crippen molar-refractivity contribution in [1.29, 1.82) is 0 Å². The Bertz CT molecular complexity index is 171. The first-order chi connectivity index (χ1) is 5.83. The van der Waals surface area contributed by atoms with E-state index in [1.165, 1.54) is 0 Å². The number of carbonyl (C=O) groups excluding carboxylic acids is 1. The quantitative estimate of drug-likeness (QED) is 0.550. The highest BCUT2D eigenvalue weighted by Gasteiger charge is 2.10. The minimum Gasteiger partial charge on any atom is -0.381 e. The first-order valence-electron chi connectivity index (χ1n) is 4.17. The molecule has 68 valence electrons. The molecule has 0 aromatic rings. The van der Waals surface area contributed by atoms with Crippen molar-refractivity contribution in [3.8, 4) is 0 Å². The van der Waals surface area contributed by atoms with Gasteiger partial charge in [-0.1, -0.05) is 22.0 Å². The molecule has 12 heavy (non-hydrogen) atoms. The van der Waals surface area contributed by atoms with E-state index < -0.39 is 0 Å². The van der Waals surface area contributed by atoms with Gasteiger partial charge in [0, 0.05) is 13.2 Å². The lowest BCUT2D eigenvalue weighted by Crippen LogP contribution is -2.13. The van der Waals surface area contributed by atoms with E-state index in [-0.39, 0.29) is 5.78 Å². The average Bonchev–Trinajstić information content (AvgIpc) is 2.16. The first kappa shape index (κ1) is 9.93. The number of ketones is 1.